The summed E-state index contributed by atoms with van der Waals surface area (Å²) in [5, 5.41) is 10.7. The molecule has 0 aliphatic carbocycles. The van der Waals surface area contributed by atoms with Crippen molar-refractivity contribution in [1.29, 1.82) is 0 Å². The molecule has 0 aromatic heterocycles. The highest BCUT2D eigenvalue weighted by Gasteiger charge is 2.47. The SMILES string of the molecule is OC1(C2CCOCC2)CC2CCC(C1)O2. The van der Waals surface area contributed by atoms with Gasteiger partial charge in [0, 0.05) is 26.1 Å². The zero-order valence-electron chi connectivity index (χ0n) is 9.15. The predicted octanol–water partition coefficient (Wildman–Crippen LogP) is 1.49. The Morgan fingerprint density at radius 2 is 1.53 bits per heavy atom. The van der Waals surface area contributed by atoms with Crippen LogP contribution < -0.4 is 0 Å². The average molecular weight is 212 g/mol. The minimum atomic E-state index is -0.451. The molecule has 3 rings (SSSR count). The van der Waals surface area contributed by atoms with E-state index in [1.165, 1.54) is 0 Å². The smallest absolute Gasteiger partial charge is 0.0726 e. The summed E-state index contributed by atoms with van der Waals surface area (Å²) >= 11 is 0. The van der Waals surface area contributed by atoms with Crippen LogP contribution in [0.3, 0.4) is 0 Å². The Morgan fingerprint density at radius 1 is 0.933 bits per heavy atom. The molecular formula is C12H20O3. The molecule has 0 amide bonds. The van der Waals surface area contributed by atoms with Crippen molar-refractivity contribution in [2.45, 2.75) is 56.3 Å². The highest BCUT2D eigenvalue weighted by Crippen LogP contribution is 2.44. The molecule has 86 valence electrons. The van der Waals surface area contributed by atoms with E-state index in [9.17, 15) is 5.11 Å². The van der Waals surface area contributed by atoms with Crippen molar-refractivity contribution in [3.05, 3.63) is 0 Å². The molecule has 3 nitrogen and oxygen atoms in total. The van der Waals surface area contributed by atoms with Crippen LogP contribution in [-0.4, -0.2) is 36.1 Å². The van der Waals surface area contributed by atoms with E-state index >= 15 is 0 Å². The van der Waals surface area contributed by atoms with Gasteiger partial charge in [-0.2, -0.15) is 0 Å². The number of rotatable bonds is 1. The van der Waals surface area contributed by atoms with Crippen LogP contribution in [-0.2, 0) is 9.47 Å². The van der Waals surface area contributed by atoms with Gasteiger partial charge in [0.2, 0.25) is 0 Å². The summed E-state index contributed by atoms with van der Waals surface area (Å²) in [6.45, 7) is 1.65. The van der Waals surface area contributed by atoms with Crippen LogP contribution in [0.25, 0.3) is 0 Å². The van der Waals surface area contributed by atoms with Gasteiger partial charge < -0.3 is 14.6 Å². The van der Waals surface area contributed by atoms with Crippen molar-refractivity contribution >= 4 is 0 Å². The zero-order valence-corrected chi connectivity index (χ0v) is 9.15. The molecule has 0 aromatic rings. The van der Waals surface area contributed by atoms with Gasteiger partial charge in [0.1, 0.15) is 0 Å². The maximum atomic E-state index is 10.7. The number of aliphatic hydroxyl groups is 1. The summed E-state index contributed by atoms with van der Waals surface area (Å²) in [5.41, 5.74) is -0.451. The van der Waals surface area contributed by atoms with Crippen molar-refractivity contribution in [3.8, 4) is 0 Å². The Kier molecular flexibility index (Phi) is 2.49. The molecule has 1 N–H and O–H groups in total. The fourth-order valence-corrected chi connectivity index (χ4v) is 3.52. The first-order valence-corrected chi connectivity index (χ1v) is 6.22. The number of fused-ring (bicyclic) bond motifs is 2. The quantitative estimate of drug-likeness (QED) is 0.715. The number of hydrogen-bond acceptors (Lipinski definition) is 3. The van der Waals surface area contributed by atoms with Crippen LogP contribution in [0.2, 0.25) is 0 Å². The van der Waals surface area contributed by atoms with Gasteiger partial charge in [-0.15, -0.1) is 0 Å². The van der Waals surface area contributed by atoms with Crippen molar-refractivity contribution in [2.24, 2.45) is 5.92 Å². The van der Waals surface area contributed by atoms with Crippen molar-refractivity contribution < 1.29 is 14.6 Å². The molecule has 3 aliphatic heterocycles. The molecule has 15 heavy (non-hydrogen) atoms. The summed E-state index contributed by atoms with van der Waals surface area (Å²) in [6, 6.07) is 0. The zero-order chi connectivity index (χ0) is 10.3. The Morgan fingerprint density at radius 3 is 2.13 bits per heavy atom. The fourth-order valence-electron chi connectivity index (χ4n) is 3.52. The fraction of sp³-hybridized carbons (Fsp3) is 1.00. The maximum Gasteiger partial charge on any atom is 0.0726 e. The number of hydrogen-bond donors (Lipinski definition) is 1. The highest BCUT2D eigenvalue weighted by atomic mass is 16.5. The van der Waals surface area contributed by atoms with Gasteiger partial charge in [0.25, 0.3) is 0 Å². The molecule has 3 aliphatic rings. The Labute approximate surface area is 90.8 Å². The minimum absolute atomic E-state index is 0.330. The topological polar surface area (TPSA) is 38.7 Å². The van der Waals surface area contributed by atoms with Gasteiger partial charge >= 0.3 is 0 Å². The van der Waals surface area contributed by atoms with Crippen molar-refractivity contribution in [2.75, 3.05) is 13.2 Å². The standard InChI is InChI=1S/C12H20O3/c13-12(9-3-5-14-6-4-9)7-10-1-2-11(8-12)15-10/h9-11,13H,1-8H2. The lowest BCUT2D eigenvalue weighted by Gasteiger charge is -2.43. The summed E-state index contributed by atoms with van der Waals surface area (Å²) < 4.78 is 11.2. The molecule has 3 heterocycles. The predicted molar refractivity (Wildman–Crippen MR) is 55.6 cm³/mol. The number of ether oxygens (including phenoxy) is 2. The molecule has 0 radical (unpaired) electrons. The summed E-state index contributed by atoms with van der Waals surface area (Å²) in [6.07, 6.45) is 6.72. The van der Waals surface area contributed by atoms with Crippen LogP contribution in [0.4, 0.5) is 0 Å². The van der Waals surface area contributed by atoms with E-state index in [2.05, 4.69) is 0 Å². The maximum absolute atomic E-state index is 10.7. The molecule has 2 unspecified atom stereocenters. The summed E-state index contributed by atoms with van der Waals surface area (Å²) in [5.74, 6) is 0.443. The van der Waals surface area contributed by atoms with Crippen LogP contribution >= 0.6 is 0 Å². The van der Waals surface area contributed by atoms with Gasteiger partial charge in [-0.25, -0.2) is 0 Å². The first-order valence-electron chi connectivity index (χ1n) is 6.22. The Balaban J connectivity index is 1.72. The first-order chi connectivity index (χ1) is 7.26. The second kappa shape index (κ2) is 3.72. The molecule has 2 atom stereocenters. The van der Waals surface area contributed by atoms with E-state index in [-0.39, 0.29) is 0 Å². The van der Waals surface area contributed by atoms with Gasteiger partial charge in [-0.05, 0) is 31.6 Å². The van der Waals surface area contributed by atoms with E-state index in [0.717, 1.165) is 51.7 Å². The van der Waals surface area contributed by atoms with Gasteiger partial charge in [-0.1, -0.05) is 0 Å². The molecule has 3 saturated heterocycles. The van der Waals surface area contributed by atoms with Crippen LogP contribution in [0.5, 0.6) is 0 Å². The van der Waals surface area contributed by atoms with E-state index in [1.54, 1.807) is 0 Å². The monoisotopic (exact) mass is 212 g/mol. The average Bonchev–Trinajstić information content (AvgIpc) is 2.60. The normalized spacial score (nSPS) is 47.0. The van der Waals surface area contributed by atoms with Crippen LogP contribution in [0, 0.1) is 5.92 Å². The molecule has 2 bridgehead atoms. The van der Waals surface area contributed by atoms with Gasteiger partial charge in [0.15, 0.2) is 0 Å². The largest absolute Gasteiger partial charge is 0.389 e. The van der Waals surface area contributed by atoms with Crippen molar-refractivity contribution in [3.63, 3.8) is 0 Å². The van der Waals surface area contributed by atoms with Crippen molar-refractivity contribution in [1.82, 2.24) is 0 Å². The van der Waals surface area contributed by atoms with Crippen LogP contribution in [0.1, 0.15) is 38.5 Å². The second-order valence-corrected chi connectivity index (χ2v) is 5.36. The Hall–Kier alpha value is -0.120. The van der Waals surface area contributed by atoms with E-state index in [4.69, 9.17) is 9.47 Å². The lowest BCUT2D eigenvalue weighted by atomic mass is 9.75. The molecule has 0 saturated carbocycles. The van der Waals surface area contributed by atoms with Gasteiger partial charge in [-0.3, -0.25) is 0 Å². The Bertz CT molecular complexity index is 223. The molecule has 3 fully saturated rings. The minimum Gasteiger partial charge on any atom is -0.389 e. The van der Waals surface area contributed by atoms with E-state index < -0.39 is 5.60 Å². The highest BCUT2D eigenvalue weighted by molar-refractivity contribution is 4.98. The summed E-state index contributed by atoms with van der Waals surface area (Å²) in [4.78, 5) is 0. The third kappa shape index (κ3) is 1.81. The van der Waals surface area contributed by atoms with E-state index in [1.807, 2.05) is 0 Å². The molecule has 0 aromatic carbocycles. The lowest BCUT2D eigenvalue weighted by Crippen LogP contribution is -2.48. The second-order valence-electron chi connectivity index (χ2n) is 5.36. The third-order valence-electron chi connectivity index (χ3n) is 4.34. The first kappa shape index (κ1) is 10.1. The third-order valence-corrected chi connectivity index (χ3v) is 4.34. The summed E-state index contributed by atoms with van der Waals surface area (Å²) in [7, 11) is 0. The van der Waals surface area contributed by atoms with E-state index in [0.29, 0.717) is 18.1 Å². The lowest BCUT2D eigenvalue weighted by molar-refractivity contribution is -0.153. The van der Waals surface area contributed by atoms with Gasteiger partial charge in [0.05, 0.1) is 17.8 Å². The molecule has 3 heteroatoms. The van der Waals surface area contributed by atoms with Crippen LogP contribution in [0.15, 0.2) is 0 Å². The molecular weight excluding hydrogens is 192 g/mol. The molecule has 0 spiro atoms.